The lowest BCUT2D eigenvalue weighted by Crippen LogP contribution is -2.56. The molecule has 154 valence electrons. The van der Waals surface area contributed by atoms with Gasteiger partial charge in [0.2, 0.25) is 5.91 Å². The standard InChI is InChI=1S/C22H27N2O4P/c1-17(23)20(25)24-14-8-13-22(24,21(26)27)29(28,15-18-9-4-2-5-10-18)16-19-11-6-3-7-12-19/h2-7,9-12,17H,8,13-16,23H2,1H3,(H,26,27)/t17-,22+/m0/s1. The summed E-state index contributed by atoms with van der Waals surface area (Å²) in [5.74, 6) is -1.68. The predicted molar refractivity (Wildman–Crippen MR) is 113 cm³/mol. The summed E-state index contributed by atoms with van der Waals surface area (Å²) in [5, 5.41) is 8.60. The number of hydrogen-bond acceptors (Lipinski definition) is 4. The smallest absolute Gasteiger partial charge is 0.337 e. The number of carbonyl (C=O) groups is 2. The molecule has 0 bridgehead atoms. The molecule has 29 heavy (non-hydrogen) atoms. The molecule has 2 atom stereocenters. The molecule has 1 fully saturated rings. The van der Waals surface area contributed by atoms with Crippen LogP contribution in [0, 0.1) is 0 Å². The Morgan fingerprint density at radius 1 is 1.07 bits per heavy atom. The third kappa shape index (κ3) is 4.00. The van der Waals surface area contributed by atoms with Crippen molar-refractivity contribution in [3.05, 3.63) is 71.8 Å². The molecule has 2 aromatic rings. The largest absolute Gasteiger partial charge is 0.479 e. The first-order chi connectivity index (χ1) is 13.8. The third-order valence-corrected chi connectivity index (χ3v) is 9.34. The Bertz CT molecular complexity index is 871. The van der Waals surface area contributed by atoms with E-state index in [0.29, 0.717) is 6.42 Å². The van der Waals surface area contributed by atoms with Crippen LogP contribution < -0.4 is 5.73 Å². The zero-order valence-corrected chi connectivity index (χ0v) is 17.4. The van der Waals surface area contributed by atoms with Crippen molar-refractivity contribution in [3.63, 3.8) is 0 Å². The van der Waals surface area contributed by atoms with Crippen LogP contribution in [0.15, 0.2) is 60.7 Å². The lowest BCUT2D eigenvalue weighted by Gasteiger charge is -2.41. The summed E-state index contributed by atoms with van der Waals surface area (Å²) in [5.41, 5.74) is 7.41. The summed E-state index contributed by atoms with van der Waals surface area (Å²) in [6.45, 7) is 1.78. The molecule has 0 aromatic heterocycles. The van der Waals surface area contributed by atoms with Gasteiger partial charge in [0.05, 0.1) is 6.04 Å². The van der Waals surface area contributed by atoms with Gasteiger partial charge in [-0.1, -0.05) is 60.7 Å². The van der Waals surface area contributed by atoms with Crippen molar-refractivity contribution < 1.29 is 19.3 Å². The minimum atomic E-state index is -3.50. The van der Waals surface area contributed by atoms with Crippen molar-refractivity contribution in [1.29, 1.82) is 0 Å². The SMILES string of the molecule is C[C@H](N)C(=O)N1CCC[C@]1(C(=O)O)P(=O)(Cc1ccccc1)Cc1ccccc1. The average molecular weight is 414 g/mol. The Morgan fingerprint density at radius 3 is 1.97 bits per heavy atom. The van der Waals surface area contributed by atoms with Crippen LogP contribution in [0.5, 0.6) is 0 Å². The summed E-state index contributed by atoms with van der Waals surface area (Å²) in [6, 6.07) is 17.6. The summed E-state index contributed by atoms with van der Waals surface area (Å²) in [4.78, 5) is 26.8. The molecular formula is C22H27N2O4P. The maximum atomic E-state index is 14.6. The first-order valence-corrected chi connectivity index (χ1v) is 11.8. The molecule has 0 aliphatic carbocycles. The van der Waals surface area contributed by atoms with E-state index >= 15 is 0 Å². The fraction of sp³-hybridized carbons (Fsp3) is 0.364. The number of carboxylic acids is 1. The van der Waals surface area contributed by atoms with E-state index in [9.17, 15) is 19.3 Å². The van der Waals surface area contributed by atoms with Crippen LogP contribution in [0.4, 0.5) is 0 Å². The summed E-state index contributed by atoms with van der Waals surface area (Å²) < 4.78 is 14.6. The highest BCUT2D eigenvalue weighted by Crippen LogP contribution is 2.67. The van der Waals surface area contributed by atoms with Gasteiger partial charge < -0.3 is 20.3 Å². The van der Waals surface area contributed by atoms with E-state index in [0.717, 1.165) is 11.1 Å². The number of hydrogen-bond donors (Lipinski definition) is 2. The Morgan fingerprint density at radius 2 is 1.55 bits per heavy atom. The number of nitrogens with zero attached hydrogens (tertiary/aromatic N) is 1. The molecule has 6 nitrogen and oxygen atoms in total. The van der Waals surface area contributed by atoms with Gasteiger partial charge in [-0.15, -0.1) is 0 Å². The molecule has 1 aliphatic heterocycles. The first-order valence-electron chi connectivity index (χ1n) is 9.77. The molecule has 3 N–H and O–H groups in total. The van der Waals surface area contributed by atoms with Crippen LogP contribution in [-0.4, -0.2) is 39.7 Å². The molecule has 3 rings (SSSR count). The van der Waals surface area contributed by atoms with Gasteiger partial charge in [0.1, 0.15) is 7.14 Å². The summed E-state index contributed by atoms with van der Waals surface area (Å²) >= 11 is 0. The number of rotatable bonds is 7. The molecule has 7 heteroatoms. The van der Waals surface area contributed by atoms with Crippen molar-refractivity contribution in [3.8, 4) is 0 Å². The maximum absolute atomic E-state index is 14.6. The number of carboxylic acid groups (broad SMARTS) is 1. The highest BCUT2D eigenvalue weighted by Gasteiger charge is 2.61. The highest BCUT2D eigenvalue weighted by molar-refractivity contribution is 7.65. The molecule has 0 saturated carbocycles. The van der Waals surface area contributed by atoms with Gasteiger partial charge in [0.15, 0.2) is 5.28 Å². The van der Waals surface area contributed by atoms with Gasteiger partial charge in [0.25, 0.3) is 0 Å². The Hall–Kier alpha value is -2.43. The van der Waals surface area contributed by atoms with Crippen molar-refractivity contribution in [2.75, 3.05) is 6.54 Å². The second-order valence-corrected chi connectivity index (χ2v) is 10.8. The van der Waals surface area contributed by atoms with Crippen LogP contribution in [0.3, 0.4) is 0 Å². The second kappa shape index (κ2) is 8.52. The number of nitrogens with two attached hydrogens (primary N) is 1. The lowest BCUT2D eigenvalue weighted by atomic mass is 10.2. The molecule has 0 unspecified atom stereocenters. The Kier molecular flexibility index (Phi) is 6.25. The van der Waals surface area contributed by atoms with E-state index in [-0.39, 0.29) is 25.3 Å². The van der Waals surface area contributed by atoms with E-state index in [1.807, 2.05) is 60.7 Å². The van der Waals surface area contributed by atoms with Crippen LogP contribution in [-0.2, 0) is 26.5 Å². The van der Waals surface area contributed by atoms with Crippen molar-refractivity contribution >= 4 is 19.0 Å². The molecule has 1 heterocycles. The quantitative estimate of drug-likeness (QED) is 0.676. The monoisotopic (exact) mass is 414 g/mol. The molecule has 1 aliphatic rings. The summed E-state index contributed by atoms with van der Waals surface area (Å²) in [7, 11) is -3.50. The fourth-order valence-corrected chi connectivity index (χ4v) is 8.03. The van der Waals surface area contributed by atoms with Crippen LogP contribution >= 0.6 is 7.14 Å². The molecule has 1 amide bonds. The van der Waals surface area contributed by atoms with Gasteiger partial charge in [-0.05, 0) is 30.9 Å². The first kappa shape index (κ1) is 21.3. The van der Waals surface area contributed by atoms with Gasteiger partial charge in [-0.3, -0.25) is 4.79 Å². The molecule has 0 radical (unpaired) electrons. The van der Waals surface area contributed by atoms with Crippen molar-refractivity contribution in [2.24, 2.45) is 5.73 Å². The fourth-order valence-electron chi connectivity index (χ4n) is 4.24. The highest BCUT2D eigenvalue weighted by atomic mass is 31.2. The van der Waals surface area contributed by atoms with Gasteiger partial charge in [-0.25, -0.2) is 4.79 Å². The van der Waals surface area contributed by atoms with E-state index in [1.165, 1.54) is 11.8 Å². The van der Waals surface area contributed by atoms with E-state index in [4.69, 9.17) is 5.73 Å². The normalized spacial score (nSPS) is 20.4. The van der Waals surface area contributed by atoms with E-state index in [1.54, 1.807) is 0 Å². The zero-order chi connectivity index (χ0) is 21.1. The van der Waals surface area contributed by atoms with Crippen molar-refractivity contribution in [2.45, 2.75) is 43.4 Å². The van der Waals surface area contributed by atoms with Crippen LogP contribution in [0.25, 0.3) is 0 Å². The number of carbonyl (C=O) groups excluding carboxylic acids is 1. The van der Waals surface area contributed by atoms with E-state index in [2.05, 4.69) is 0 Å². The molecule has 2 aromatic carbocycles. The summed E-state index contributed by atoms with van der Waals surface area (Å²) in [6.07, 6.45) is 0.867. The predicted octanol–water partition coefficient (Wildman–Crippen LogP) is 3.50. The van der Waals surface area contributed by atoms with Crippen LogP contribution in [0.1, 0.15) is 30.9 Å². The number of amides is 1. The zero-order valence-electron chi connectivity index (χ0n) is 16.5. The minimum absolute atomic E-state index is 0.109. The topological polar surface area (TPSA) is 101 Å². The molecule has 1 saturated heterocycles. The third-order valence-electron chi connectivity index (χ3n) is 5.59. The van der Waals surface area contributed by atoms with Crippen molar-refractivity contribution in [1.82, 2.24) is 4.90 Å². The van der Waals surface area contributed by atoms with Gasteiger partial charge in [0, 0.05) is 18.9 Å². The lowest BCUT2D eigenvalue weighted by molar-refractivity contribution is -0.151. The Balaban J connectivity index is 2.14. The second-order valence-electron chi connectivity index (χ2n) is 7.68. The minimum Gasteiger partial charge on any atom is -0.479 e. The number of aliphatic carboxylic acids is 1. The van der Waals surface area contributed by atoms with Gasteiger partial charge in [-0.2, -0.15) is 0 Å². The maximum Gasteiger partial charge on any atom is 0.337 e. The average Bonchev–Trinajstić information content (AvgIpc) is 3.15. The number of benzene rings is 2. The molecule has 0 spiro atoms. The van der Waals surface area contributed by atoms with E-state index < -0.39 is 30.3 Å². The van der Waals surface area contributed by atoms with Crippen LogP contribution in [0.2, 0.25) is 0 Å². The van der Waals surface area contributed by atoms with Gasteiger partial charge >= 0.3 is 5.97 Å². The Labute approximate surface area is 171 Å². The number of likely N-dealkylation sites (tertiary alicyclic amines) is 1. The molecular weight excluding hydrogens is 387 g/mol.